The Hall–Kier alpha value is -1.39. The van der Waals surface area contributed by atoms with Gasteiger partial charge in [-0.25, -0.2) is 0 Å². The molecule has 0 radical (unpaired) electrons. The fraction of sp³-hybridized carbons (Fsp3) is 0.588. The summed E-state index contributed by atoms with van der Waals surface area (Å²) >= 11 is 0. The summed E-state index contributed by atoms with van der Waals surface area (Å²) in [6.07, 6.45) is 3.86. The van der Waals surface area contributed by atoms with Gasteiger partial charge in [-0.15, -0.1) is 0 Å². The molecule has 4 nitrogen and oxygen atoms in total. The van der Waals surface area contributed by atoms with E-state index in [1.807, 2.05) is 0 Å². The number of morpholine rings is 1. The lowest BCUT2D eigenvalue weighted by Crippen LogP contribution is -2.40. The maximum Gasteiger partial charge on any atom is 0.219 e. The first-order valence-electron chi connectivity index (χ1n) is 7.88. The lowest BCUT2D eigenvalue weighted by Gasteiger charge is -2.36. The second kappa shape index (κ2) is 8.80. The molecule has 1 aromatic rings. The Bertz CT molecular complexity index is 422. The number of hydrogen-bond donors (Lipinski definition) is 1. The zero-order chi connectivity index (χ0) is 14.9. The molecule has 0 aromatic heterocycles. The average Bonchev–Trinajstić information content (AvgIpc) is 2.55. The van der Waals surface area contributed by atoms with Crippen LogP contribution in [0.4, 0.5) is 0 Å². The summed E-state index contributed by atoms with van der Waals surface area (Å²) in [6.45, 7) is 3.68. The monoisotopic (exact) mass is 290 g/mol. The number of amides is 1. The molecule has 1 aliphatic rings. The van der Waals surface area contributed by atoms with Gasteiger partial charge in [-0.05, 0) is 24.9 Å². The molecule has 1 fully saturated rings. The SMILES string of the molecule is CNC(=O)CCCCCN1CCOC[C@H]1c1ccccc1. The molecule has 2 rings (SSSR count). The minimum atomic E-state index is 0.142. The Balaban J connectivity index is 1.76. The third-order valence-corrected chi connectivity index (χ3v) is 4.05. The maximum atomic E-state index is 11.2. The van der Waals surface area contributed by atoms with Crippen LogP contribution in [-0.4, -0.2) is 44.2 Å². The van der Waals surface area contributed by atoms with E-state index in [1.54, 1.807) is 7.05 Å². The van der Waals surface area contributed by atoms with Crippen molar-refractivity contribution in [3.05, 3.63) is 35.9 Å². The van der Waals surface area contributed by atoms with Gasteiger partial charge in [0.25, 0.3) is 0 Å². The summed E-state index contributed by atoms with van der Waals surface area (Å²) in [5.41, 5.74) is 1.34. The van der Waals surface area contributed by atoms with Gasteiger partial charge in [0.15, 0.2) is 0 Å². The molecule has 0 saturated carbocycles. The molecule has 1 atom stereocenters. The van der Waals surface area contributed by atoms with E-state index in [0.29, 0.717) is 12.5 Å². The molecule has 116 valence electrons. The fourth-order valence-corrected chi connectivity index (χ4v) is 2.79. The van der Waals surface area contributed by atoms with Gasteiger partial charge in [0, 0.05) is 20.0 Å². The summed E-state index contributed by atoms with van der Waals surface area (Å²) in [5, 5.41) is 2.67. The first-order chi connectivity index (χ1) is 10.3. The van der Waals surface area contributed by atoms with E-state index in [4.69, 9.17) is 4.74 Å². The van der Waals surface area contributed by atoms with E-state index in [9.17, 15) is 4.79 Å². The van der Waals surface area contributed by atoms with Crippen molar-refractivity contribution in [1.82, 2.24) is 10.2 Å². The minimum Gasteiger partial charge on any atom is -0.378 e. The van der Waals surface area contributed by atoms with Gasteiger partial charge in [0.05, 0.1) is 19.3 Å². The number of nitrogens with zero attached hydrogens (tertiary/aromatic N) is 1. The molecule has 0 unspecified atom stereocenters. The van der Waals surface area contributed by atoms with Crippen molar-refractivity contribution in [2.24, 2.45) is 0 Å². The summed E-state index contributed by atoms with van der Waals surface area (Å²) in [6, 6.07) is 11.0. The Morgan fingerprint density at radius 2 is 2.10 bits per heavy atom. The third-order valence-electron chi connectivity index (χ3n) is 4.05. The van der Waals surface area contributed by atoms with Crippen LogP contribution < -0.4 is 5.32 Å². The predicted octanol–water partition coefficient (Wildman–Crippen LogP) is 2.37. The second-order valence-corrected chi connectivity index (χ2v) is 5.52. The first-order valence-corrected chi connectivity index (χ1v) is 7.88. The number of carbonyl (C=O) groups excluding carboxylic acids is 1. The quantitative estimate of drug-likeness (QED) is 0.784. The third kappa shape index (κ3) is 5.14. The van der Waals surface area contributed by atoms with Gasteiger partial charge in [0.1, 0.15) is 0 Å². The van der Waals surface area contributed by atoms with Crippen LogP contribution in [0.5, 0.6) is 0 Å². The molecule has 1 aliphatic heterocycles. The molecule has 4 heteroatoms. The van der Waals surface area contributed by atoms with E-state index in [1.165, 1.54) is 5.56 Å². The first kappa shape index (κ1) is 16.0. The standard InChI is InChI=1S/C17H26N2O2/c1-18-17(20)10-6-3-7-11-19-12-13-21-14-16(19)15-8-4-2-5-9-15/h2,4-5,8-9,16H,3,6-7,10-14H2,1H3,(H,18,20)/t16-/m0/s1. The maximum absolute atomic E-state index is 11.2. The molecule has 0 spiro atoms. The van der Waals surface area contributed by atoms with E-state index in [2.05, 4.69) is 40.5 Å². The van der Waals surface area contributed by atoms with Gasteiger partial charge < -0.3 is 10.1 Å². The Morgan fingerprint density at radius 3 is 2.86 bits per heavy atom. The average molecular weight is 290 g/mol. The van der Waals surface area contributed by atoms with Gasteiger partial charge >= 0.3 is 0 Å². The molecular formula is C17H26N2O2. The van der Waals surface area contributed by atoms with Crippen LogP contribution in [0, 0.1) is 0 Å². The highest BCUT2D eigenvalue weighted by Gasteiger charge is 2.23. The number of hydrogen-bond acceptors (Lipinski definition) is 3. The van der Waals surface area contributed by atoms with Crippen molar-refractivity contribution in [1.29, 1.82) is 0 Å². The summed E-state index contributed by atoms with van der Waals surface area (Å²) < 4.78 is 5.65. The number of ether oxygens (including phenoxy) is 1. The topological polar surface area (TPSA) is 41.6 Å². The van der Waals surface area contributed by atoms with Crippen LogP contribution in [0.2, 0.25) is 0 Å². The number of rotatable bonds is 7. The van der Waals surface area contributed by atoms with E-state index in [-0.39, 0.29) is 5.91 Å². The predicted molar refractivity (Wildman–Crippen MR) is 84.1 cm³/mol. The molecule has 1 N–H and O–H groups in total. The summed E-state index contributed by atoms with van der Waals surface area (Å²) in [4.78, 5) is 13.7. The molecule has 1 heterocycles. The van der Waals surface area contributed by atoms with Crippen LogP contribution in [0.1, 0.15) is 37.3 Å². The normalized spacial score (nSPS) is 19.4. The lowest BCUT2D eigenvalue weighted by molar-refractivity contribution is -0.120. The molecule has 0 bridgehead atoms. The van der Waals surface area contributed by atoms with Crippen molar-refractivity contribution >= 4 is 5.91 Å². The number of carbonyl (C=O) groups is 1. The van der Waals surface area contributed by atoms with Crippen LogP contribution in [-0.2, 0) is 9.53 Å². The lowest BCUT2D eigenvalue weighted by atomic mass is 10.0. The van der Waals surface area contributed by atoms with E-state index in [0.717, 1.165) is 45.6 Å². The smallest absolute Gasteiger partial charge is 0.219 e. The Labute approximate surface area is 127 Å². The molecule has 1 saturated heterocycles. The van der Waals surface area contributed by atoms with Crippen molar-refractivity contribution in [3.63, 3.8) is 0 Å². The largest absolute Gasteiger partial charge is 0.378 e. The molecular weight excluding hydrogens is 264 g/mol. The molecule has 1 aromatic carbocycles. The fourth-order valence-electron chi connectivity index (χ4n) is 2.79. The van der Waals surface area contributed by atoms with Gasteiger partial charge in [0.2, 0.25) is 5.91 Å². The summed E-state index contributed by atoms with van der Waals surface area (Å²) in [5.74, 6) is 0.142. The van der Waals surface area contributed by atoms with Crippen molar-refractivity contribution < 1.29 is 9.53 Å². The van der Waals surface area contributed by atoms with Crippen LogP contribution in [0.25, 0.3) is 0 Å². The number of nitrogens with one attached hydrogen (secondary N) is 1. The molecule has 0 aliphatic carbocycles. The Morgan fingerprint density at radius 1 is 1.29 bits per heavy atom. The highest BCUT2D eigenvalue weighted by molar-refractivity contribution is 5.75. The number of unbranched alkanes of at least 4 members (excludes halogenated alkanes) is 2. The van der Waals surface area contributed by atoms with Crippen molar-refractivity contribution in [2.75, 3.05) is 33.4 Å². The molecule has 21 heavy (non-hydrogen) atoms. The van der Waals surface area contributed by atoms with Gasteiger partial charge in [-0.3, -0.25) is 9.69 Å². The van der Waals surface area contributed by atoms with Crippen LogP contribution in [0.3, 0.4) is 0 Å². The van der Waals surface area contributed by atoms with Crippen molar-refractivity contribution in [2.45, 2.75) is 31.7 Å². The Kier molecular flexibility index (Phi) is 6.70. The zero-order valence-electron chi connectivity index (χ0n) is 12.9. The highest BCUT2D eigenvalue weighted by atomic mass is 16.5. The van der Waals surface area contributed by atoms with Crippen LogP contribution >= 0.6 is 0 Å². The van der Waals surface area contributed by atoms with E-state index < -0.39 is 0 Å². The van der Waals surface area contributed by atoms with Crippen LogP contribution in [0.15, 0.2) is 30.3 Å². The summed E-state index contributed by atoms with van der Waals surface area (Å²) in [7, 11) is 1.69. The van der Waals surface area contributed by atoms with Gasteiger partial charge in [-0.2, -0.15) is 0 Å². The zero-order valence-corrected chi connectivity index (χ0v) is 12.9. The second-order valence-electron chi connectivity index (χ2n) is 5.52. The highest BCUT2D eigenvalue weighted by Crippen LogP contribution is 2.24. The number of benzene rings is 1. The minimum absolute atomic E-state index is 0.142. The van der Waals surface area contributed by atoms with Crippen molar-refractivity contribution in [3.8, 4) is 0 Å². The molecule has 1 amide bonds. The van der Waals surface area contributed by atoms with Gasteiger partial charge in [-0.1, -0.05) is 36.8 Å². The van der Waals surface area contributed by atoms with E-state index >= 15 is 0 Å².